The van der Waals surface area contributed by atoms with Gasteiger partial charge in [0.15, 0.2) is 0 Å². The van der Waals surface area contributed by atoms with Crippen molar-refractivity contribution in [2.45, 2.75) is 53.4 Å². The minimum Gasteiger partial charge on any atom is -0.657 e. The van der Waals surface area contributed by atoms with Crippen LogP contribution in [0.2, 0.25) is 0 Å². The van der Waals surface area contributed by atoms with E-state index < -0.39 is 0 Å². The van der Waals surface area contributed by atoms with E-state index in [2.05, 4.69) is 81.6 Å². The number of carbonyl (C=O) groups is 2. The monoisotopic (exact) mass is 856 g/mol. The molecule has 0 aliphatic carbocycles. The predicted octanol–water partition coefficient (Wildman–Crippen LogP) is 11.3. The third kappa shape index (κ3) is 9.64. The van der Waals surface area contributed by atoms with Gasteiger partial charge in [0, 0.05) is 18.4 Å². The third-order valence-electron chi connectivity index (χ3n) is 11.3. The number of aromatic nitrogens is 4. The molecule has 0 N–H and O–H groups in total. The maximum Gasteiger partial charge on any atom is 2.00 e. The van der Waals surface area contributed by atoms with E-state index in [1.54, 1.807) is 0 Å². The number of rotatable bonds is 12. The molecule has 302 valence electrons. The van der Waals surface area contributed by atoms with Gasteiger partial charge in [-0.3, -0.25) is 9.59 Å². The smallest absolute Gasteiger partial charge is 0.657 e. The second-order valence-corrected chi connectivity index (χ2v) is 15.0. The van der Waals surface area contributed by atoms with Crippen LogP contribution in [0, 0.1) is 13.8 Å². The van der Waals surface area contributed by atoms with Crippen LogP contribution in [0.4, 0.5) is 0 Å². The molecule has 8 nitrogen and oxygen atoms in total. The van der Waals surface area contributed by atoms with Crippen LogP contribution in [0.25, 0.3) is 74.7 Å². The Labute approximate surface area is 370 Å². The largest absolute Gasteiger partial charge is 2.00 e. The molecule has 2 aliphatic rings. The van der Waals surface area contributed by atoms with E-state index >= 15 is 0 Å². The molecule has 7 rings (SSSR count). The van der Waals surface area contributed by atoms with Crippen LogP contribution in [-0.4, -0.2) is 36.1 Å². The van der Waals surface area contributed by atoms with Crippen molar-refractivity contribution < 1.29 is 38.5 Å². The summed E-state index contributed by atoms with van der Waals surface area (Å²) < 4.78 is 10.1. The molecular weight excluding hydrogens is 810 g/mol. The SMILES string of the molecule is C=Cc1ccc(/C=C/C2=C(C)c3cc4[n-]c(cc5nc(cc6[n-]c(cc2n3)c(C)c6CCC(=O)OC)C(CCC(=O)OC)=C5C)c(C)c4/C=C/c2ccc(C=C)cc2)cc1.[Zn+2]. The zero-order valence-electron chi connectivity index (χ0n) is 35.8. The molecular formula is C52H48N4O4Zn. The standard InChI is InChI=1S/C52H48N4O4.Zn/c1-9-35-11-15-37(16-12-35)19-21-39-31(3)43-27-44-33(5)41(23-25-51(57)59-7)49(54-44)30-50-42(24-26-52(58)60-8)34(6)46(56-50)29-48-40(32(4)45(55-48)28-47(39)53-43)22-20-38-17-13-36(10-2)14-18-38;/h9-22,27-30H,1-2,23-26H2,3-8H3;/q-2;+2/b21-19+,22-20+,43-27?,44-27?,45-28?,46-29?,47-28?,48-29?,49-30?,50-30?;. The number of nitrogens with zero attached hydrogens (tertiary/aromatic N) is 4. The first kappa shape index (κ1) is 44.1. The molecule has 8 bridgehead atoms. The molecule has 5 heterocycles. The van der Waals surface area contributed by atoms with Crippen molar-refractivity contribution in [1.29, 1.82) is 0 Å². The molecule has 3 aromatic heterocycles. The number of carbonyl (C=O) groups excluding carboxylic acids is 2. The first-order valence-electron chi connectivity index (χ1n) is 20.0. The van der Waals surface area contributed by atoms with Crippen molar-refractivity contribution in [2.24, 2.45) is 0 Å². The average molecular weight is 858 g/mol. The Hall–Kier alpha value is -6.44. The van der Waals surface area contributed by atoms with Crippen molar-refractivity contribution in [3.8, 4) is 0 Å². The molecule has 0 saturated heterocycles. The fourth-order valence-electron chi connectivity index (χ4n) is 7.56. The van der Waals surface area contributed by atoms with E-state index in [0.29, 0.717) is 24.1 Å². The number of hydrogen-bond donors (Lipinski definition) is 0. The van der Waals surface area contributed by atoms with Gasteiger partial charge in [-0.15, -0.1) is 22.1 Å². The molecule has 0 radical (unpaired) electrons. The summed E-state index contributed by atoms with van der Waals surface area (Å²) in [5.41, 5.74) is 17.9. The summed E-state index contributed by atoms with van der Waals surface area (Å²) in [5, 5.41) is 0. The van der Waals surface area contributed by atoms with E-state index in [-0.39, 0.29) is 44.3 Å². The zero-order chi connectivity index (χ0) is 42.5. The molecule has 2 aromatic carbocycles. The van der Waals surface area contributed by atoms with Crippen LogP contribution >= 0.6 is 0 Å². The Kier molecular flexibility index (Phi) is 14.0. The Morgan fingerprint density at radius 2 is 1.05 bits per heavy atom. The summed E-state index contributed by atoms with van der Waals surface area (Å²) in [4.78, 5) is 45.7. The van der Waals surface area contributed by atoms with Gasteiger partial charge in [-0.25, -0.2) is 9.97 Å². The van der Waals surface area contributed by atoms with Crippen LogP contribution < -0.4 is 9.97 Å². The molecule has 9 heteroatoms. The number of aryl methyl sites for hydroxylation is 3. The van der Waals surface area contributed by atoms with Gasteiger partial charge in [-0.2, -0.15) is 0 Å². The van der Waals surface area contributed by atoms with Crippen molar-refractivity contribution in [3.05, 3.63) is 159 Å². The fourth-order valence-corrected chi connectivity index (χ4v) is 7.56. The second kappa shape index (κ2) is 19.3. The van der Waals surface area contributed by atoms with E-state index in [1.807, 2.05) is 68.5 Å². The minimum absolute atomic E-state index is 0. The maximum absolute atomic E-state index is 12.4. The molecule has 0 unspecified atom stereocenters. The van der Waals surface area contributed by atoms with Gasteiger partial charge in [-0.1, -0.05) is 139 Å². The van der Waals surface area contributed by atoms with Crippen LogP contribution in [0.15, 0.2) is 92.0 Å². The molecule has 0 atom stereocenters. The van der Waals surface area contributed by atoms with Gasteiger partial charge in [0.25, 0.3) is 0 Å². The van der Waals surface area contributed by atoms with Crippen molar-refractivity contribution in [1.82, 2.24) is 19.9 Å². The quantitative estimate of drug-likeness (QED) is 0.0902. The summed E-state index contributed by atoms with van der Waals surface area (Å²) in [6, 6.07) is 24.5. The van der Waals surface area contributed by atoms with Gasteiger partial charge in [0.2, 0.25) is 0 Å². The van der Waals surface area contributed by atoms with Crippen LogP contribution in [0.1, 0.15) is 100 Å². The Morgan fingerprint density at radius 1 is 0.574 bits per heavy atom. The number of methoxy groups -OCH3 is 2. The second-order valence-electron chi connectivity index (χ2n) is 15.0. The van der Waals surface area contributed by atoms with Gasteiger partial charge in [0.1, 0.15) is 0 Å². The molecule has 2 aliphatic heterocycles. The first-order chi connectivity index (χ1) is 29.0. The fraction of sp³-hybridized carbons (Fsp3) is 0.192. The average Bonchev–Trinajstić information content (AvgIpc) is 3.93. The minimum atomic E-state index is -0.304. The molecule has 5 aromatic rings. The van der Waals surface area contributed by atoms with Gasteiger partial charge in [0.05, 0.1) is 37.0 Å². The number of benzene rings is 2. The molecule has 0 spiro atoms. The topological polar surface area (TPSA) is 107 Å². The van der Waals surface area contributed by atoms with Crippen LogP contribution in [-0.2, 0) is 45.0 Å². The molecule has 0 amide bonds. The van der Waals surface area contributed by atoms with Crippen LogP contribution in [0.3, 0.4) is 0 Å². The van der Waals surface area contributed by atoms with E-state index in [1.165, 1.54) is 14.2 Å². The van der Waals surface area contributed by atoms with Crippen LogP contribution in [0.5, 0.6) is 0 Å². The summed E-state index contributed by atoms with van der Waals surface area (Å²) in [7, 11) is 2.79. The number of fused-ring (bicyclic) bond motifs is 8. The van der Waals surface area contributed by atoms with E-state index in [4.69, 9.17) is 29.4 Å². The van der Waals surface area contributed by atoms with Crippen molar-refractivity contribution in [3.63, 3.8) is 0 Å². The Balaban J connectivity index is 0.00000622. The number of ether oxygens (including phenoxy) is 2. The molecule has 0 fully saturated rings. The van der Waals surface area contributed by atoms with Crippen molar-refractivity contribution >= 4 is 86.7 Å². The normalized spacial score (nSPS) is 12.6. The van der Waals surface area contributed by atoms with Gasteiger partial charge < -0.3 is 19.4 Å². The third-order valence-corrected chi connectivity index (χ3v) is 11.3. The summed E-state index contributed by atoms with van der Waals surface area (Å²) in [5.74, 6) is -0.606. The summed E-state index contributed by atoms with van der Waals surface area (Å²) in [6.07, 6.45) is 13.3. The molecule has 61 heavy (non-hydrogen) atoms. The van der Waals surface area contributed by atoms with E-state index in [9.17, 15) is 9.59 Å². The number of allylic oxidation sites excluding steroid dienone is 5. The maximum atomic E-state index is 12.4. The van der Waals surface area contributed by atoms with Gasteiger partial charge >= 0.3 is 31.4 Å². The Bertz CT molecular complexity index is 2830. The zero-order valence-corrected chi connectivity index (χ0v) is 38.7. The first-order valence-corrected chi connectivity index (χ1v) is 20.0. The van der Waals surface area contributed by atoms with E-state index in [0.717, 1.165) is 100 Å². The predicted molar refractivity (Wildman–Crippen MR) is 246 cm³/mol. The number of esters is 2. The summed E-state index contributed by atoms with van der Waals surface area (Å²) >= 11 is 0. The summed E-state index contributed by atoms with van der Waals surface area (Å²) in [6.45, 7) is 16.0. The Morgan fingerprint density at radius 3 is 1.66 bits per heavy atom. The van der Waals surface area contributed by atoms with Crippen molar-refractivity contribution in [2.75, 3.05) is 14.2 Å². The number of hydrogen-bond acceptors (Lipinski definition) is 6. The van der Waals surface area contributed by atoms with Gasteiger partial charge in [-0.05, 0) is 85.1 Å². The molecule has 0 saturated carbocycles.